The van der Waals surface area contributed by atoms with Crippen molar-refractivity contribution in [3.05, 3.63) is 69.7 Å². The summed E-state index contributed by atoms with van der Waals surface area (Å²) in [5.74, 6) is -0.677. The first-order valence-electron chi connectivity index (χ1n) is 6.60. The lowest BCUT2D eigenvalue weighted by molar-refractivity contribution is -0.120. The summed E-state index contributed by atoms with van der Waals surface area (Å²) < 4.78 is 0. The van der Waals surface area contributed by atoms with Crippen molar-refractivity contribution >= 4 is 35.0 Å². The number of nitrogens with one attached hydrogen (secondary N) is 2. The average molecular weight is 337 g/mol. The number of amides is 2. The summed E-state index contributed by atoms with van der Waals surface area (Å²) in [7, 11) is 0. The minimum absolute atomic E-state index is 0.120. The van der Waals surface area contributed by atoms with Crippen LogP contribution in [0.5, 0.6) is 0 Å². The van der Waals surface area contributed by atoms with Crippen LogP contribution in [0.2, 0.25) is 10.0 Å². The molecule has 0 fully saturated rings. The lowest BCUT2D eigenvalue weighted by Crippen LogP contribution is -2.36. The molecule has 0 saturated heterocycles. The second-order valence-electron chi connectivity index (χ2n) is 4.57. The van der Waals surface area contributed by atoms with Crippen molar-refractivity contribution in [3.8, 4) is 0 Å². The van der Waals surface area contributed by atoms with Crippen molar-refractivity contribution in [2.24, 2.45) is 0 Å². The van der Waals surface area contributed by atoms with E-state index in [9.17, 15) is 9.59 Å². The molecule has 0 unspecified atom stereocenters. The standard InChI is InChI=1S/C16H14Cl2N2O2/c17-12-5-3-4-11(8-12)9-19-15(21)10-20-16(22)13-6-1-2-7-14(13)18/h1-8H,9-10H2,(H,19,21)(H,20,22). The molecule has 0 aliphatic rings. The Morgan fingerprint density at radius 2 is 1.73 bits per heavy atom. The van der Waals surface area contributed by atoms with Crippen LogP contribution < -0.4 is 10.6 Å². The lowest BCUT2D eigenvalue weighted by Gasteiger charge is -2.08. The summed E-state index contributed by atoms with van der Waals surface area (Å²) >= 11 is 11.8. The SMILES string of the molecule is O=C(CNC(=O)c1ccccc1Cl)NCc1cccc(Cl)c1. The first-order valence-corrected chi connectivity index (χ1v) is 7.36. The molecule has 2 rings (SSSR count). The van der Waals surface area contributed by atoms with Crippen LogP contribution in [0, 0.1) is 0 Å². The smallest absolute Gasteiger partial charge is 0.253 e. The van der Waals surface area contributed by atoms with Crippen LogP contribution >= 0.6 is 23.2 Å². The first kappa shape index (κ1) is 16.3. The van der Waals surface area contributed by atoms with E-state index in [-0.39, 0.29) is 18.4 Å². The molecule has 0 saturated carbocycles. The number of carbonyl (C=O) groups is 2. The summed E-state index contributed by atoms with van der Waals surface area (Å²) in [5, 5.41) is 6.18. The van der Waals surface area contributed by atoms with Crippen molar-refractivity contribution < 1.29 is 9.59 Å². The van der Waals surface area contributed by atoms with Crippen molar-refractivity contribution in [1.82, 2.24) is 10.6 Å². The zero-order valence-electron chi connectivity index (χ0n) is 11.6. The Hall–Kier alpha value is -2.04. The molecule has 4 nitrogen and oxygen atoms in total. The monoisotopic (exact) mass is 336 g/mol. The summed E-state index contributed by atoms with van der Waals surface area (Å²) in [6.07, 6.45) is 0. The first-order chi connectivity index (χ1) is 10.6. The average Bonchev–Trinajstić information content (AvgIpc) is 2.51. The predicted molar refractivity (Wildman–Crippen MR) is 87.1 cm³/mol. The number of benzene rings is 2. The summed E-state index contributed by atoms with van der Waals surface area (Å²) in [5.41, 5.74) is 1.23. The van der Waals surface area contributed by atoms with Crippen LogP contribution in [0.1, 0.15) is 15.9 Å². The Labute approximate surface area is 138 Å². The van der Waals surface area contributed by atoms with Gasteiger partial charge in [0.25, 0.3) is 5.91 Å². The molecule has 0 heterocycles. The molecule has 0 aliphatic heterocycles. The Bertz CT molecular complexity index is 689. The van der Waals surface area contributed by atoms with Gasteiger partial charge in [0.15, 0.2) is 0 Å². The van der Waals surface area contributed by atoms with Gasteiger partial charge in [-0.2, -0.15) is 0 Å². The van der Waals surface area contributed by atoms with Gasteiger partial charge in [0.05, 0.1) is 17.1 Å². The van der Waals surface area contributed by atoms with Gasteiger partial charge in [-0.1, -0.05) is 47.5 Å². The van der Waals surface area contributed by atoms with Gasteiger partial charge in [-0.05, 0) is 29.8 Å². The fourth-order valence-corrected chi connectivity index (χ4v) is 2.25. The van der Waals surface area contributed by atoms with Gasteiger partial charge in [0, 0.05) is 11.6 Å². The fraction of sp³-hybridized carbons (Fsp3) is 0.125. The Morgan fingerprint density at radius 1 is 0.955 bits per heavy atom. The van der Waals surface area contributed by atoms with Gasteiger partial charge < -0.3 is 10.6 Å². The third-order valence-electron chi connectivity index (χ3n) is 2.91. The van der Waals surface area contributed by atoms with Gasteiger partial charge in [0.1, 0.15) is 0 Å². The molecule has 2 N–H and O–H groups in total. The Morgan fingerprint density at radius 3 is 2.45 bits per heavy atom. The Kier molecular flexibility index (Phi) is 5.81. The van der Waals surface area contributed by atoms with Crippen LogP contribution in [0.15, 0.2) is 48.5 Å². The third kappa shape index (κ3) is 4.76. The van der Waals surface area contributed by atoms with E-state index in [4.69, 9.17) is 23.2 Å². The number of rotatable bonds is 5. The van der Waals surface area contributed by atoms with Gasteiger partial charge in [-0.3, -0.25) is 9.59 Å². The quantitative estimate of drug-likeness (QED) is 0.881. The van der Waals surface area contributed by atoms with Crippen LogP contribution in [-0.2, 0) is 11.3 Å². The van der Waals surface area contributed by atoms with Crippen LogP contribution in [0.25, 0.3) is 0 Å². The zero-order valence-corrected chi connectivity index (χ0v) is 13.1. The van der Waals surface area contributed by atoms with E-state index in [1.165, 1.54) is 0 Å². The van der Waals surface area contributed by atoms with E-state index in [1.54, 1.807) is 36.4 Å². The highest BCUT2D eigenvalue weighted by Crippen LogP contribution is 2.14. The van der Waals surface area contributed by atoms with E-state index in [0.29, 0.717) is 22.2 Å². The molecule has 0 aliphatic carbocycles. The van der Waals surface area contributed by atoms with Gasteiger partial charge in [-0.25, -0.2) is 0 Å². The van der Waals surface area contributed by atoms with E-state index in [2.05, 4.69) is 10.6 Å². The van der Waals surface area contributed by atoms with E-state index in [0.717, 1.165) is 5.56 Å². The number of carbonyl (C=O) groups excluding carboxylic acids is 2. The van der Waals surface area contributed by atoms with Crippen molar-refractivity contribution in [3.63, 3.8) is 0 Å². The van der Waals surface area contributed by atoms with Crippen LogP contribution in [-0.4, -0.2) is 18.4 Å². The van der Waals surface area contributed by atoms with Crippen molar-refractivity contribution in [2.75, 3.05) is 6.54 Å². The molecule has 2 amide bonds. The maximum Gasteiger partial charge on any atom is 0.253 e. The van der Waals surface area contributed by atoms with Gasteiger partial charge >= 0.3 is 0 Å². The normalized spacial score (nSPS) is 10.1. The minimum Gasteiger partial charge on any atom is -0.350 e. The topological polar surface area (TPSA) is 58.2 Å². The molecule has 6 heteroatoms. The predicted octanol–water partition coefficient (Wildman–Crippen LogP) is 3.04. The molecular weight excluding hydrogens is 323 g/mol. The van der Waals surface area contributed by atoms with Gasteiger partial charge in [0.2, 0.25) is 5.91 Å². The molecule has 114 valence electrons. The summed E-state index contributed by atoms with van der Waals surface area (Å²) in [6.45, 7) is 0.228. The highest BCUT2D eigenvalue weighted by Gasteiger charge is 2.10. The van der Waals surface area contributed by atoms with Gasteiger partial charge in [-0.15, -0.1) is 0 Å². The molecule has 0 radical (unpaired) electrons. The molecule has 0 spiro atoms. The zero-order chi connectivity index (χ0) is 15.9. The minimum atomic E-state index is -0.386. The lowest BCUT2D eigenvalue weighted by atomic mass is 10.2. The second-order valence-corrected chi connectivity index (χ2v) is 5.41. The Balaban J connectivity index is 1.81. The largest absolute Gasteiger partial charge is 0.350 e. The molecule has 22 heavy (non-hydrogen) atoms. The van der Waals surface area contributed by atoms with E-state index >= 15 is 0 Å². The number of hydrogen-bond donors (Lipinski definition) is 2. The molecule has 2 aromatic rings. The molecule has 0 aromatic heterocycles. The molecule has 0 bridgehead atoms. The molecular formula is C16H14Cl2N2O2. The summed E-state index contributed by atoms with van der Waals surface area (Å²) in [4.78, 5) is 23.6. The molecule has 0 atom stereocenters. The van der Waals surface area contributed by atoms with Crippen LogP contribution in [0.4, 0.5) is 0 Å². The summed E-state index contributed by atoms with van der Waals surface area (Å²) in [6, 6.07) is 13.9. The number of hydrogen-bond acceptors (Lipinski definition) is 2. The fourth-order valence-electron chi connectivity index (χ4n) is 1.81. The van der Waals surface area contributed by atoms with Crippen LogP contribution in [0.3, 0.4) is 0 Å². The highest BCUT2D eigenvalue weighted by molar-refractivity contribution is 6.33. The van der Waals surface area contributed by atoms with E-state index in [1.807, 2.05) is 12.1 Å². The maximum absolute atomic E-state index is 11.9. The second kappa shape index (κ2) is 7.82. The van der Waals surface area contributed by atoms with Crippen molar-refractivity contribution in [1.29, 1.82) is 0 Å². The highest BCUT2D eigenvalue weighted by atomic mass is 35.5. The molecule has 2 aromatic carbocycles. The maximum atomic E-state index is 11.9. The third-order valence-corrected chi connectivity index (χ3v) is 3.47. The number of halogens is 2. The van der Waals surface area contributed by atoms with Crippen molar-refractivity contribution in [2.45, 2.75) is 6.54 Å². The van der Waals surface area contributed by atoms with E-state index < -0.39 is 0 Å².